The van der Waals surface area contributed by atoms with E-state index in [1.165, 1.54) is 0 Å². The number of benzene rings is 1. The van der Waals surface area contributed by atoms with Crippen molar-refractivity contribution in [1.82, 2.24) is 0 Å². The SMILES string of the molecule is CC(C)CCS(=O)CCC(=O)Nc1cccc(CN)c1. The molecule has 1 aromatic carbocycles. The Morgan fingerprint density at radius 2 is 2.10 bits per heavy atom. The molecule has 0 saturated heterocycles. The van der Waals surface area contributed by atoms with Crippen molar-refractivity contribution < 1.29 is 9.00 Å². The summed E-state index contributed by atoms with van der Waals surface area (Å²) >= 11 is 0. The van der Waals surface area contributed by atoms with Crippen LogP contribution in [-0.2, 0) is 22.1 Å². The summed E-state index contributed by atoms with van der Waals surface area (Å²) in [5.41, 5.74) is 7.27. The van der Waals surface area contributed by atoms with Crippen molar-refractivity contribution in [2.24, 2.45) is 11.7 Å². The van der Waals surface area contributed by atoms with Crippen molar-refractivity contribution in [3.05, 3.63) is 29.8 Å². The second kappa shape index (κ2) is 8.87. The highest BCUT2D eigenvalue weighted by atomic mass is 32.2. The van der Waals surface area contributed by atoms with Crippen molar-refractivity contribution in [3.63, 3.8) is 0 Å². The summed E-state index contributed by atoms with van der Waals surface area (Å²) < 4.78 is 11.7. The topological polar surface area (TPSA) is 72.2 Å². The molecule has 0 aliphatic carbocycles. The molecule has 0 spiro atoms. The minimum atomic E-state index is -0.906. The van der Waals surface area contributed by atoms with Gasteiger partial charge >= 0.3 is 0 Å². The lowest BCUT2D eigenvalue weighted by molar-refractivity contribution is -0.115. The van der Waals surface area contributed by atoms with Crippen LogP contribution in [0, 0.1) is 5.92 Å². The van der Waals surface area contributed by atoms with Crippen molar-refractivity contribution in [3.8, 4) is 0 Å². The van der Waals surface area contributed by atoms with E-state index in [2.05, 4.69) is 19.2 Å². The van der Waals surface area contributed by atoms with Gasteiger partial charge in [-0.25, -0.2) is 0 Å². The summed E-state index contributed by atoms with van der Waals surface area (Å²) in [4.78, 5) is 11.8. The minimum absolute atomic E-state index is 0.0999. The van der Waals surface area contributed by atoms with E-state index in [1.807, 2.05) is 24.3 Å². The number of hydrogen-bond donors (Lipinski definition) is 2. The summed E-state index contributed by atoms with van der Waals surface area (Å²) in [7, 11) is -0.906. The molecule has 0 bridgehead atoms. The molecule has 1 atom stereocenters. The molecule has 0 fully saturated rings. The van der Waals surface area contributed by atoms with Crippen molar-refractivity contribution >= 4 is 22.4 Å². The Morgan fingerprint density at radius 3 is 2.75 bits per heavy atom. The molecule has 1 amide bonds. The summed E-state index contributed by atoms with van der Waals surface area (Å²) in [5, 5.41) is 2.81. The predicted octanol–water partition coefficient (Wildman–Crippen LogP) is 2.27. The molecule has 112 valence electrons. The Bertz CT molecular complexity index is 461. The van der Waals surface area contributed by atoms with E-state index in [-0.39, 0.29) is 12.3 Å². The molecule has 3 N–H and O–H groups in total. The number of amides is 1. The third-order valence-corrected chi connectivity index (χ3v) is 4.28. The van der Waals surface area contributed by atoms with Gasteiger partial charge in [0.15, 0.2) is 0 Å². The fourth-order valence-electron chi connectivity index (χ4n) is 1.68. The third kappa shape index (κ3) is 6.82. The van der Waals surface area contributed by atoms with E-state index in [0.29, 0.717) is 24.0 Å². The summed E-state index contributed by atoms with van der Waals surface area (Å²) in [6.07, 6.45) is 1.23. The average molecular weight is 296 g/mol. The highest BCUT2D eigenvalue weighted by molar-refractivity contribution is 7.84. The molecule has 0 aliphatic heterocycles. The first-order valence-corrected chi connectivity index (χ1v) is 8.44. The van der Waals surface area contributed by atoms with Crippen LogP contribution in [0.15, 0.2) is 24.3 Å². The maximum absolute atomic E-state index is 11.8. The largest absolute Gasteiger partial charge is 0.326 e. The van der Waals surface area contributed by atoms with Crippen LogP contribution >= 0.6 is 0 Å². The van der Waals surface area contributed by atoms with Gasteiger partial charge in [-0.15, -0.1) is 0 Å². The van der Waals surface area contributed by atoms with Gasteiger partial charge < -0.3 is 11.1 Å². The molecule has 0 aliphatic rings. The third-order valence-electron chi connectivity index (χ3n) is 2.93. The zero-order valence-corrected chi connectivity index (χ0v) is 13.0. The van der Waals surface area contributed by atoms with E-state index < -0.39 is 10.8 Å². The Labute approximate surface area is 123 Å². The smallest absolute Gasteiger partial charge is 0.225 e. The number of carbonyl (C=O) groups excluding carboxylic acids is 1. The molecular formula is C15H24N2O2S. The molecule has 1 aromatic rings. The first-order valence-electron chi connectivity index (χ1n) is 6.95. The number of carbonyl (C=O) groups is 1. The number of rotatable bonds is 8. The second-order valence-electron chi connectivity index (χ2n) is 5.23. The van der Waals surface area contributed by atoms with Crippen molar-refractivity contribution in [2.75, 3.05) is 16.8 Å². The van der Waals surface area contributed by atoms with Crippen LogP contribution in [0.4, 0.5) is 5.69 Å². The Hall–Kier alpha value is -1.20. The molecule has 5 heteroatoms. The van der Waals surface area contributed by atoms with Gasteiger partial charge in [-0.1, -0.05) is 26.0 Å². The molecule has 0 radical (unpaired) electrons. The fraction of sp³-hybridized carbons (Fsp3) is 0.533. The zero-order chi connectivity index (χ0) is 15.0. The minimum Gasteiger partial charge on any atom is -0.326 e. The van der Waals surface area contributed by atoms with Crippen molar-refractivity contribution in [2.45, 2.75) is 33.2 Å². The first-order chi connectivity index (χ1) is 9.51. The Morgan fingerprint density at radius 1 is 1.35 bits per heavy atom. The number of anilines is 1. The highest BCUT2D eigenvalue weighted by Gasteiger charge is 2.07. The van der Waals surface area contributed by atoms with Crippen LogP contribution in [0.2, 0.25) is 0 Å². The maximum atomic E-state index is 11.8. The molecule has 0 heterocycles. The van der Waals surface area contributed by atoms with Crippen LogP contribution in [0.3, 0.4) is 0 Å². The summed E-state index contributed by atoms with van der Waals surface area (Å²) in [6.45, 7) is 4.66. The standard InChI is InChI=1S/C15H24N2O2S/c1-12(2)6-8-20(19)9-7-15(18)17-14-5-3-4-13(10-14)11-16/h3-5,10,12H,6-9,11,16H2,1-2H3,(H,17,18). The summed E-state index contributed by atoms with van der Waals surface area (Å²) in [5.74, 6) is 1.55. The van der Waals surface area contributed by atoms with E-state index in [0.717, 1.165) is 17.7 Å². The molecule has 0 saturated carbocycles. The van der Waals surface area contributed by atoms with Gasteiger partial charge in [-0.05, 0) is 30.0 Å². The predicted molar refractivity (Wildman–Crippen MR) is 84.9 cm³/mol. The monoisotopic (exact) mass is 296 g/mol. The van der Waals surface area contributed by atoms with Crippen LogP contribution in [0.5, 0.6) is 0 Å². The van der Waals surface area contributed by atoms with Gasteiger partial charge in [-0.3, -0.25) is 9.00 Å². The molecule has 20 heavy (non-hydrogen) atoms. The molecule has 4 nitrogen and oxygen atoms in total. The zero-order valence-electron chi connectivity index (χ0n) is 12.2. The Balaban J connectivity index is 2.34. The van der Waals surface area contributed by atoms with Gasteiger partial charge in [0.25, 0.3) is 0 Å². The number of nitrogens with one attached hydrogen (secondary N) is 1. The van der Waals surface area contributed by atoms with Crippen LogP contribution in [-0.4, -0.2) is 21.6 Å². The van der Waals surface area contributed by atoms with Crippen LogP contribution in [0.25, 0.3) is 0 Å². The van der Waals surface area contributed by atoms with E-state index in [1.54, 1.807) is 0 Å². The lowest BCUT2D eigenvalue weighted by Crippen LogP contribution is -2.16. The van der Waals surface area contributed by atoms with Gasteiger partial charge in [0.2, 0.25) is 5.91 Å². The van der Waals surface area contributed by atoms with Crippen LogP contribution in [0.1, 0.15) is 32.3 Å². The van der Waals surface area contributed by atoms with E-state index >= 15 is 0 Å². The second-order valence-corrected chi connectivity index (χ2v) is 6.93. The summed E-state index contributed by atoms with van der Waals surface area (Å²) in [6, 6.07) is 7.45. The quantitative estimate of drug-likeness (QED) is 0.773. The van der Waals surface area contributed by atoms with E-state index in [4.69, 9.17) is 5.73 Å². The molecular weight excluding hydrogens is 272 g/mol. The first kappa shape index (κ1) is 16.9. The van der Waals surface area contributed by atoms with E-state index in [9.17, 15) is 9.00 Å². The number of nitrogens with two attached hydrogens (primary N) is 1. The maximum Gasteiger partial charge on any atom is 0.225 e. The Kier molecular flexibility index (Phi) is 7.47. The van der Waals surface area contributed by atoms with Gasteiger partial charge in [0.05, 0.1) is 0 Å². The van der Waals surface area contributed by atoms with Gasteiger partial charge in [-0.2, -0.15) is 0 Å². The fourth-order valence-corrected chi connectivity index (χ4v) is 3.03. The normalized spacial score (nSPS) is 12.4. The average Bonchev–Trinajstić information content (AvgIpc) is 2.43. The molecule has 1 unspecified atom stereocenters. The van der Waals surface area contributed by atoms with Gasteiger partial charge in [0.1, 0.15) is 0 Å². The van der Waals surface area contributed by atoms with Crippen molar-refractivity contribution in [1.29, 1.82) is 0 Å². The lowest BCUT2D eigenvalue weighted by atomic mass is 10.2. The van der Waals surface area contributed by atoms with Gasteiger partial charge in [0, 0.05) is 41.0 Å². The lowest BCUT2D eigenvalue weighted by Gasteiger charge is -2.07. The highest BCUT2D eigenvalue weighted by Crippen LogP contribution is 2.10. The van der Waals surface area contributed by atoms with Crippen LogP contribution < -0.4 is 11.1 Å². The number of hydrogen-bond acceptors (Lipinski definition) is 3. The molecule has 0 aromatic heterocycles. The molecule has 1 rings (SSSR count).